The van der Waals surface area contributed by atoms with E-state index in [1.165, 1.54) is 24.0 Å². The van der Waals surface area contributed by atoms with Crippen LogP contribution in [0.3, 0.4) is 0 Å². The maximum Gasteiger partial charge on any atom is 0.119 e. The summed E-state index contributed by atoms with van der Waals surface area (Å²) in [6.07, 6.45) is 2.96. The van der Waals surface area contributed by atoms with Gasteiger partial charge in [-0.2, -0.15) is 0 Å². The van der Waals surface area contributed by atoms with Crippen LogP contribution in [0.1, 0.15) is 30.4 Å². The van der Waals surface area contributed by atoms with Crippen molar-refractivity contribution in [2.45, 2.75) is 39.2 Å². The molecule has 1 aliphatic carbocycles. The fourth-order valence-electron chi connectivity index (χ4n) is 1.82. The molecule has 0 radical (unpaired) electrons. The maximum atomic E-state index is 9.69. The van der Waals surface area contributed by atoms with Gasteiger partial charge in [0.05, 0.1) is 12.7 Å². The smallest absolute Gasteiger partial charge is 0.119 e. The zero-order valence-electron chi connectivity index (χ0n) is 10.1. The summed E-state index contributed by atoms with van der Waals surface area (Å²) >= 11 is 0. The van der Waals surface area contributed by atoms with Crippen LogP contribution in [0.2, 0.25) is 0 Å². The molecule has 0 saturated heterocycles. The molecule has 1 saturated carbocycles. The molecule has 2 rings (SSSR count). The molecule has 2 nitrogen and oxygen atoms in total. The third-order valence-electron chi connectivity index (χ3n) is 3.33. The molecule has 16 heavy (non-hydrogen) atoms. The minimum absolute atomic E-state index is 0.161. The van der Waals surface area contributed by atoms with Gasteiger partial charge in [0.15, 0.2) is 0 Å². The van der Waals surface area contributed by atoms with Gasteiger partial charge in [-0.1, -0.05) is 6.07 Å². The molecule has 1 unspecified atom stereocenters. The van der Waals surface area contributed by atoms with Crippen LogP contribution in [-0.4, -0.2) is 17.8 Å². The van der Waals surface area contributed by atoms with E-state index in [0.717, 1.165) is 12.2 Å². The first-order valence-electron chi connectivity index (χ1n) is 6.05. The first kappa shape index (κ1) is 11.5. The molecule has 2 heteroatoms. The minimum Gasteiger partial charge on any atom is -0.493 e. The molecule has 0 amide bonds. The van der Waals surface area contributed by atoms with Crippen LogP contribution in [0, 0.1) is 19.8 Å². The lowest BCUT2D eigenvalue weighted by Gasteiger charge is -2.11. The maximum absolute atomic E-state index is 9.69. The van der Waals surface area contributed by atoms with Crippen molar-refractivity contribution in [3.63, 3.8) is 0 Å². The van der Waals surface area contributed by atoms with Crippen molar-refractivity contribution in [3.05, 3.63) is 29.3 Å². The number of aliphatic hydroxyl groups excluding tert-OH is 1. The lowest BCUT2D eigenvalue weighted by molar-refractivity contribution is 0.119. The quantitative estimate of drug-likeness (QED) is 0.826. The van der Waals surface area contributed by atoms with Gasteiger partial charge < -0.3 is 9.84 Å². The van der Waals surface area contributed by atoms with Gasteiger partial charge in [0, 0.05) is 6.42 Å². The number of ether oxygens (including phenoxy) is 1. The van der Waals surface area contributed by atoms with Crippen LogP contribution in [0.4, 0.5) is 0 Å². The Bertz CT molecular complexity index is 356. The van der Waals surface area contributed by atoms with Crippen molar-refractivity contribution in [2.75, 3.05) is 6.61 Å². The van der Waals surface area contributed by atoms with Crippen LogP contribution < -0.4 is 4.74 Å². The lowest BCUT2D eigenvalue weighted by atomic mass is 10.1. The standard InChI is InChI=1S/C14H20O2/c1-10-3-6-13(9-11(10)2)16-8-7-14(15)12-4-5-12/h3,6,9,12,14-15H,4-5,7-8H2,1-2H3. The van der Waals surface area contributed by atoms with Crippen molar-refractivity contribution in [1.82, 2.24) is 0 Å². The molecule has 0 spiro atoms. The molecular formula is C14H20O2. The van der Waals surface area contributed by atoms with Crippen LogP contribution in [0.15, 0.2) is 18.2 Å². The summed E-state index contributed by atoms with van der Waals surface area (Å²) < 4.78 is 5.63. The van der Waals surface area contributed by atoms with Crippen LogP contribution >= 0.6 is 0 Å². The van der Waals surface area contributed by atoms with E-state index in [2.05, 4.69) is 26.0 Å². The van der Waals surface area contributed by atoms with Crippen LogP contribution in [0.5, 0.6) is 5.75 Å². The number of hydrogen-bond donors (Lipinski definition) is 1. The molecule has 1 N–H and O–H groups in total. The molecule has 1 aliphatic rings. The van der Waals surface area contributed by atoms with Gasteiger partial charge in [0.2, 0.25) is 0 Å². The van der Waals surface area contributed by atoms with Crippen molar-refractivity contribution in [3.8, 4) is 5.75 Å². The number of benzene rings is 1. The summed E-state index contributed by atoms with van der Waals surface area (Å²) in [5, 5.41) is 9.69. The predicted octanol–water partition coefficient (Wildman–Crippen LogP) is 2.84. The topological polar surface area (TPSA) is 29.5 Å². The van der Waals surface area contributed by atoms with Gasteiger partial charge in [0.1, 0.15) is 5.75 Å². The Morgan fingerprint density at radius 2 is 2.06 bits per heavy atom. The van der Waals surface area contributed by atoms with E-state index in [0.29, 0.717) is 12.5 Å². The summed E-state index contributed by atoms with van der Waals surface area (Å²) in [6, 6.07) is 6.12. The highest BCUT2D eigenvalue weighted by Gasteiger charge is 2.29. The average Bonchev–Trinajstić information content (AvgIpc) is 3.07. The summed E-state index contributed by atoms with van der Waals surface area (Å²) in [4.78, 5) is 0. The fourth-order valence-corrected chi connectivity index (χ4v) is 1.82. The van der Waals surface area contributed by atoms with Crippen molar-refractivity contribution in [1.29, 1.82) is 0 Å². The molecule has 0 aliphatic heterocycles. The molecule has 1 atom stereocenters. The van der Waals surface area contributed by atoms with E-state index in [9.17, 15) is 5.11 Å². The van der Waals surface area contributed by atoms with Gasteiger partial charge in [0.25, 0.3) is 0 Å². The molecule has 0 aromatic heterocycles. The average molecular weight is 220 g/mol. The first-order chi connectivity index (χ1) is 7.66. The van der Waals surface area contributed by atoms with E-state index in [4.69, 9.17) is 4.74 Å². The molecule has 1 fully saturated rings. The molecule has 1 aromatic carbocycles. The first-order valence-corrected chi connectivity index (χ1v) is 6.05. The van der Waals surface area contributed by atoms with Crippen LogP contribution in [-0.2, 0) is 0 Å². The zero-order chi connectivity index (χ0) is 11.5. The summed E-state index contributed by atoms with van der Waals surface area (Å²) in [5.74, 6) is 1.45. The van der Waals surface area contributed by atoms with Gasteiger partial charge >= 0.3 is 0 Å². The normalized spacial score (nSPS) is 17.2. The van der Waals surface area contributed by atoms with Crippen molar-refractivity contribution in [2.24, 2.45) is 5.92 Å². The second kappa shape index (κ2) is 4.88. The van der Waals surface area contributed by atoms with E-state index in [1.54, 1.807) is 0 Å². The number of aliphatic hydroxyl groups is 1. The van der Waals surface area contributed by atoms with Crippen LogP contribution in [0.25, 0.3) is 0 Å². The highest BCUT2D eigenvalue weighted by molar-refractivity contribution is 5.33. The Labute approximate surface area is 97.3 Å². The molecule has 0 bridgehead atoms. The van der Waals surface area contributed by atoms with E-state index < -0.39 is 0 Å². The highest BCUT2D eigenvalue weighted by Crippen LogP contribution is 2.33. The van der Waals surface area contributed by atoms with Crippen molar-refractivity contribution >= 4 is 0 Å². The monoisotopic (exact) mass is 220 g/mol. The lowest BCUT2D eigenvalue weighted by Crippen LogP contribution is -2.13. The van der Waals surface area contributed by atoms with E-state index in [-0.39, 0.29) is 6.10 Å². The zero-order valence-corrected chi connectivity index (χ0v) is 10.1. The Kier molecular flexibility index (Phi) is 3.49. The Morgan fingerprint density at radius 1 is 1.31 bits per heavy atom. The summed E-state index contributed by atoms with van der Waals surface area (Å²) in [7, 11) is 0. The second-order valence-corrected chi connectivity index (χ2v) is 4.79. The molecular weight excluding hydrogens is 200 g/mol. The van der Waals surface area contributed by atoms with E-state index >= 15 is 0 Å². The number of aryl methyl sites for hydroxylation is 2. The molecule has 1 aromatic rings. The van der Waals surface area contributed by atoms with Gasteiger partial charge in [-0.3, -0.25) is 0 Å². The number of hydrogen-bond acceptors (Lipinski definition) is 2. The molecule has 0 heterocycles. The minimum atomic E-state index is -0.161. The Morgan fingerprint density at radius 3 is 2.69 bits per heavy atom. The van der Waals surface area contributed by atoms with Gasteiger partial charge in [-0.15, -0.1) is 0 Å². The van der Waals surface area contributed by atoms with Crippen molar-refractivity contribution < 1.29 is 9.84 Å². The summed E-state index contributed by atoms with van der Waals surface area (Å²) in [5.41, 5.74) is 2.53. The predicted molar refractivity (Wildman–Crippen MR) is 64.8 cm³/mol. The number of rotatable bonds is 5. The summed E-state index contributed by atoms with van der Waals surface area (Å²) in [6.45, 7) is 4.79. The Balaban J connectivity index is 1.78. The third-order valence-corrected chi connectivity index (χ3v) is 3.33. The third kappa shape index (κ3) is 2.99. The van der Waals surface area contributed by atoms with Gasteiger partial charge in [-0.05, 0) is 55.9 Å². The second-order valence-electron chi connectivity index (χ2n) is 4.79. The Hall–Kier alpha value is -1.02. The van der Waals surface area contributed by atoms with Gasteiger partial charge in [-0.25, -0.2) is 0 Å². The SMILES string of the molecule is Cc1ccc(OCCC(O)C2CC2)cc1C. The fraction of sp³-hybridized carbons (Fsp3) is 0.571. The molecule has 88 valence electrons. The van der Waals surface area contributed by atoms with E-state index in [1.807, 2.05) is 6.07 Å². The highest BCUT2D eigenvalue weighted by atomic mass is 16.5. The largest absolute Gasteiger partial charge is 0.493 e.